The lowest BCUT2D eigenvalue weighted by atomic mass is 9.72. The van der Waals surface area contributed by atoms with E-state index < -0.39 is 0 Å². The van der Waals surface area contributed by atoms with Crippen LogP contribution in [0.15, 0.2) is 22.7 Å². The van der Waals surface area contributed by atoms with Gasteiger partial charge in [0.05, 0.1) is 0 Å². The molecule has 0 amide bonds. The predicted molar refractivity (Wildman–Crippen MR) is 86.7 cm³/mol. The third-order valence-electron chi connectivity index (χ3n) is 4.52. The van der Waals surface area contributed by atoms with Crippen molar-refractivity contribution in [3.63, 3.8) is 0 Å². The van der Waals surface area contributed by atoms with Crippen molar-refractivity contribution >= 4 is 27.5 Å². The monoisotopic (exact) mass is 343 g/mol. The molecule has 1 N–H and O–H groups in total. The largest absolute Gasteiger partial charge is 0.313 e. The van der Waals surface area contributed by atoms with Crippen LogP contribution in [0.2, 0.25) is 5.02 Å². The number of hydrogen-bond acceptors (Lipinski definition) is 1. The van der Waals surface area contributed by atoms with Crippen LogP contribution in [0.3, 0.4) is 0 Å². The van der Waals surface area contributed by atoms with Crippen molar-refractivity contribution in [3.05, 3.63) is 33.3 Å². The highest BCUT2D eigenvalue weighted by Crippen LogP contribution is 2.42. The molecular weight excluding hydrogens is 322 g/mol. The summed E-state index contributed by atoms with van der Waals surface area (Å²) in [5.74, 6) is 1.55. The second-order valence-corrected chi connectivity index (χ2v) is 6.84. The predicted octanol–water partition coefficient (Wildman–Crippen LogP) is 5.58. The smallest absolute Gasteiger partial charge is 0.0410 e. The number of rotatable bonds is 4. The molecule has 2 rings (SSSR count). The molecule has 1 fully saturated rings. The van der Waals surface area contributed by atoms with E-state index >= 15 is 0 Å². The topological polar surface area (TPSA) is 12.0 Å². The first kappa shape index (κ1) is 15.3. The van der Waals surface area contributed by atoms with Crippen LogP contribution < -0.4 is 5.32 Å². The minimum Gasteiger partial charge on any atom is -0.313 e. The van der Waals surface area contributed by atoms with E-state index in [9.17, 15) is 0 Å². The highest BCUT2D eigenvalue weighted by atomic mass is 79.9. The molecule has 1 aliphatic carbocycles. The average molecular weight is 345 g/mol. The van der Waals surface area contributed by atoms with Gasteiger partial charge in [0.15, 0.2) is 0 Å². The second kappa shape index (κ2) is 7.10. The van der Waals surface area contributed by atoms with Crippen molar-refractivity contribution in [2.45, 2.75) is 45.1 Å². The van der Waals surface area contributed by atoms with Gasteiger partial charge in [0.2, 0.25) is 0 Å². The van der Waals surface area contributed by atoms with Crippen LogP contribution in [0.25, 0.3) is 0 Å². The van der Waals surface area contributed by atoms with E-state index in [0.717, 1.165) is 21.3 Å². The van der Waals surface area contributed by atoms with Gasteiger partial charge in [-0.1, -0.05) is 60.1 Å². The molecule has 3 heteroatoms. The van der Waals surface area contributed by atoms with Crippen LogP contribution in [-0.4, -0.2) is 7.05 Å². The molecule has 0 spiro atoms. The minimum atomic E-state index is 0.401. The van der Waals surface area contributed by atoms with Gasteiger partial charge < -0.3 is 5.32 Å². The Hall–Kier alpha value is -0.0500. The first-order valence-electron chi connectivity index (χ1n) is 7.29. The van der Waals surface area contributed by atoms with Crippen molar-refractivity contribution < 1.29 is 0 Å². The third-order valence-corrected chi connectivity index (χ3v) is 5.48. The van der Waals surface area contributed by atoms with Gasteiger partial charge in [-0.25, -0.2) is 0 Å². The summed E-state index contributed by atoms with van der Waals surface area (Å²) in [6.45, 7) is 2.32. The van der Waals surface area contributed by atoms with Crippen LogP contribution in [0, 0.1) is 11.8 Å². The summed E-state index contributed by atoms with van der Waals surface area (Å²) < 4.78 is 1.16. The van der Waals surface area contributed by atoms with Crippen molar-refractivity contribution in [1.29, 1.82) is 0 Å². The summed E-state index contributed by atoms with van der Waals surface area (Å²) in [5.41, 5.74) is 1.31. The molecule has 1 nitrogen and oxygen atoms in total. The molecule has 0 heterocycles. The molecule has 0 bridgehead atoms. The summed E-state index contributed by atoms with van der Waals surface area (Å²) in [5, 5.41) is 4.35. The Kier molecular flexibility index (Phi) is 5.73. The Balaban J connectivity index is 2.29. The van der Waals surface area contributed by atoms with Gasteiger partial charge in [-0.15, -0.1) is 0 Å². The standard InChI is InChI=1S/C16H23BrClN/c1-3-11-6-4-5-7-13(11)16(19-2)14-10-12(18)8-9-15(14)17/h8-11,13,16,19H,3-7H2,1-2H3. The van der Waals surface area contributed by atoms with E-state index in [-0.39, 0.29) is 0 Å². The third kappa shape index (κ3) is 3.53. The first-order valence-corrected chi connectivity index (χ1v) is 8.46. The summed E-state index contributed by atoms with van der Waals surface area (Å²) in [7, 11) is 2.07. The first-order chi connectivity index (χ1) is 9.17. The van der Waals surface area contributed by atoms with Crippen molar-refractivity contribution in [2.24, 2.45) is 11.8 Å². The van der Waals surface area contributed by atoms with E-state index in [1.807, 2.05) is 6.07 Å². The van der Waals surface area contributed by atoms with Gasteiger partial charge >= 0.3 is 0 Å². The summed E-state index contributed by atoms with van der Waals surface area (Å²) >= 11 is 9.86. The molecule has 0 aromatic heterocycles. The maximum Gasteiger partial charge on any atom is 0.0410 e. The van der Waals surface area contributed by atoms with E-state index in [2.05, 4.69) is 47.4 Å². The second-order valence-electron chi connectivity index (χ2n) is 5.55. The van der Waals surface area contributed by atoms with Gasteiger partial charge in [-0.05, 0) is 49.1 Å². The Morgan fingerprint density at radius 1 is 1.37 bits per heavy atom. The van der Waals surface area contributed by atoms with E-state index in [4.69, 9.17) is 11.6 Å². The van der Waals surface area contributed by atoms with Crippen LogP contribution in [-0.2, 0) is 0 Å². The van der Waals surface area contributed by atoms with E-state index in [0.29, 0.717) is 6.04 Å². The fraction of sp³-hybridized carbons (Fsp3) is 0.625. The van der Waals surface area contributed by atoms with Crippen LogP contribution in [0.1, 0.15) is 50.6 Å². The van der Waals surface area contributed by atoms with Gasteiger partial charge in [0.25, 0.3) is 0 Å². The fourth-order valence-corrected chi connectivity index (χ4v) is 4.21. The van der Waals surface area contributed by atoms with Crippen molar-refractivity contribution in [3.8, 4) is 0 Å². The zero-order chi connectivity index (χ0) is 13.8. The lowest BCUT2D eigenvalue weighted by molar-refractivity contribution is 0.180. The van der Waals surface area contributed by atoms with Crippen LogP contribution >= 0.6 is 27.5 Å². The lowest BCUT2D eigenvalue weighted by Crippen LogP contribution is -2.32. The highest BCUT2D eigenvalue weighted by molar-refractivity contribution is 9.10. The lowest BCUT2D eigenvalue weighted by Gasteiger charge is -2.37. The number of benzene rings is 1. The molecule has 3 unspecified atom stereocenters. The molecule has 1 aliphatic rings. The van der Waals surface area contributed by atoms with Crippen molar-refractivity contribution in [1.82, 2.24) is 5.32 Å². The van der Waals surface area contributed by atoms with E-state index in [1.165, 1.54) is 37.7 Å². The quantitative estimate of drug-likeness (QED) is 0.752. The van der Waals surface area contributed by atoms with Gasteiger partial charge in [-0.2, -0.15) is 0 Å². The Morgan fingerprint density at radius 2 is 2.11 bits per heavy atom. The molecule has 106 valence electrons. The van der Waals surface area contributed by atoms with Crippen molar-refractivity contribution in [2.75, 3.05) is 7.05 Å². The number of hydrogen-bond donors (Lipinski definition) is 1. The molecule has 19 heavy (non-hydrogen) atoms. The molecule has 3 atom stereocenters. The zero-order valence-electron chi connectivity index (χ0n) is 11.8. The maximum atomic E-state index is 6.18. The van der Waals surface area contributed by atoms with Crippen LogP contribution in [0.5, 0.6) is 0 Å². The number of nitrogens with one attached hydrogen (secondary N) is 1. The SMILES string of the molecule is CCC1CCCCC1C(NC)c1cc(Cl)ccc1Br. The maximum absolute atomic E-state index is 6.18. The average Bonchev–Trinajstić information content (AvgIpc) is 2.44. The highest BCUT2D eigenvalue weighted by Gasteiger charge is 2.31. The molecule has 0 saturated heterocycles. The zero-order valence-corrected chi connectivity index (χ0v) is 14.1. The molecule has 0 radical (unpaired) electrons. The Labute approximate surface area is 130 Å². The summed E-state index contributed by atoms with van der Waals surface area (Å²) in [4.78, 5) is 0. The molecular formula is C16H23BrClN. The summed E-state index contributed by atoms with van der Waals surface area (Å²) in [6, 6.07) is 6.51. The molecule has 1 saturated carbocycles. The fourth-order valence-electron chi connectivity index (χ4n) is 3.54. The van der Waals surface area contributed by atoms with Gasteiger partial charge in [-0.3, -0.25) is 0 Å². The van der Waals surface area contributed by atoms with Gasteiger partial charge in [0.1, 0.15) is 0 Å². The Bertz CT molecular complexity index is 421. The summed E-state index contributed by atoms with van der Waals surface area (Å²) in [6.07, 6.45) is 6.72. The molecule has 1 aromatic carbocycles. The number of halogens is 2. The Morgan fingerprint density at radius 3 is 2.79 bits per heavy atom. The normalized spacial score (nSPS) is 25.3. The van der Waals surface area contributed by atoms with E-state index in [1.54, 1.807) is 0 Å². The van der Waals surface area contributed by atoms with Crippen LogP contribution in [0.4, 0.5) is 0 Å². The minimum absolute atomic E-state index is 0.401. The molecule has 0 aliphatic heterocycles. The molecule has 1 aromatic rings. The van der Waals surface area contributed by atoms with Gasteiger partial charge in [0, 0.05) is 15.5 Å².